The van der Waals surface area contributed by atoms with E-state index in [-0.39, 0.29) is 5.56 Å². The predicted octanol–water partition coefficient (Wildman–Crippen LogP) is -4.19. The fraction of sp³-hybridized carbons (Fsp3) is 0.579. The molecule has 5 unspecified atom stereocenters. The first-order chi connectivity index (χ1) is 28.9. The van der Waals surface area contributed by atoms with Crippen LogP contribution in [0.4, 0.5) is 4.79 Å². The normalized spacial score (nSPS) is 35.0. The molecule has 23 heteroatoms. The third kappa shape index (κ3) is 11.0. The van der Waals surface area contributed by atoms with Gasteiger partial charge >= 0.3 is 12.1 Å². The van der Waals surface area contributed by atoms with Crippen molar-refractivity contribution in [3.8, 4) is 11.1 Å². The summed E-state index contributed by atoms with van der Waals surface area (Å²) in [6.45, 7) is -1.34. The first kappa shape index (κ1) is 47.6. The second-order valence-electron chi connectivity index (χ2n) is 14.7. The zero-order valence-corrected chi connectivity index (χ0v) is 32.7. The van der Waals surface area contributed by atoms with Gasteiger partial charge in [-0.05, 0) is 23.3 Å². The number of aliphatic hydroxyl groups is 8. The highest BCUT2D eigenvalue weighted by molar-refractivity contribution is 5.94. The second-order valence-corrected chi connectivity index (χ2v) is 14.7. The number of benzene rings is 2. The van der Waals surface area contributed by atoms with Gasteiger partial charge in [-0.1, -0.05) is 42.5 Å². The molecule has 5 rings (SSSR count). The predicted molar refractivity (Wildman–Crippen MR) is 201 cm³/mol. The summed E-state index contributed by atoms with van der Waals surface area (Å²) in [5, 5.41) is 113. The molecule has 338 valence electrons. The number of hydrogen-bond acceptors (Lipinski definition) is 18. The smallest absolute Gasteiger partial charge is 0.405 e. The van der Waals surface area contributed by atoms with Crippen molar-refractivity contribution >= 4 is 23.9 Å². The van der Waals surface area contributed by atoms with Crippen LogP contribution in [0, 0.1) is 0 Å². The van der Waals surface area contributed by atoms with Crippen molar-refractivity contribution < 1.29 is 98.7 Å². The number of carboxylic acids is 1. The largest absolute Gasteiger partial charge is 0.477 e. The Hall–Kier alpha value is -4.44. The van der Waals surface area contributed by atoms with Gasteiger partial charge in [-0.2, -0.15) is 0 Å². The minimum Gasteiger partial charge on any atom is -0.477 e. The molecule has 0 aliphatic carbocycles. The number of hydrogen-bond donors (Lipinski definition) is 13. The number of carbonyl (C=O) groups excluding carboxylic acids is 2. The number of rotatable bonds is 16. The van der Waals surface area contributed by atoms with Crippen molar-refractivity contribution in [1.82, 2.24) is 16.0 Å². The van der Waals surface area contributed by atoms with Crippen molar-refractivity contribution in [2.45, 2.75) is 111 Å². The van der Waals surface area contributed by atoms with Crippen LogP contribution in [0.25, 0.3) is 11.1 Å². The van der Waals surface area contributed by atoms with Crippen LogP contribution in [0.5, 0.6) is 0 Å². The molecule has 3 aliphatic heterocycles. The van der Waals surface area contributed by atoms with Gasteiger partial charge in [0.2, 0.25) is 5.91 Å². The Kier molecular flexibility index (Phi) is 16.1. The molecule has 13 N–H and O–H groups in total. The van der Waals surface area contributed by atoms with E-state index in [9.17, 15) is 70.2 Å². The van der Waals surface area contributed by atoms with Crippen molar-refractivity contribution in [2.24, 2.45) is 0 Å². The van der Waals surface area contributed by atoms with Gasteiger partial charge in [-0.15, -0.1) is 0 Å². The van der Waals surface area contributed by atoms with Gasteiger partial charge in [0.15, 0.2) is 12.6 Å². The lowest BCUT2D eigenvalue weighted by molar-refractivity contribution is -0.359. The van der Waals surface area contributed by atoms with E-state index in [1.165, 1.54) is 19.2 Å². The van der Waals surface area contributed by atoms with Crippen LogP contribution < -0.4 is 16.0 Å². The highest BCUT2D eigenvalue weighted by Gasteiger charge is 2.57. The number of nitrogens with one attached hydrogen (secondary N) is 3. The maximum Gasteiger partial charge on any atom is 0.405 e. The Labute approximate surface area is 347 Å². The Morgan fingerprint density at radius 1 is 0.820 bits per heavy atom. The molecule has 16 atom stereocenters. The topological polar surface area (TPSA) is 362 Å². The van der Waals surface area contributed by atoms with E-state index >= 15 is 0 Å². The van der Waals surface area contributed by atoms with E-state index in [2.05, 4.69) is 10.6 Å². The third-order valence-corrected chi connectivity index (χ3v) is 10.5. The lowest BCUT2D eigenvalue weighted by atomic mass is 9.88. The molecule has 2 aromatic rings. The van der Waals surface area contributed by atoms with E-state index < -0.39 is 148 Å². The van der Waals surface area contributed by atoms with Gasteiger partial charge in [0.05, 0.1) is 31.5 Å². The molecular formula is C38H51N3O20. The second kappa shape index (κ2) is 20.6. The molecule has 0 spiro atoms. The third-order valence-electron chi connectivity index (χ3n) is 10.5. The summed E-state index contributed by atoms with van der Waals surface area (Å²) in [5.41, 5.74) is 1.89. The lowest BCUT2D eigenvalue weighted by Crippen LogP contribution is -2.69. The quantitative estimate of drug-likeness (QED) is 0.0761. The summed E-state index contributed by atoms with van der Waals surface area (Å²) in [5.74, 6) is -6.20. The summed E-state index contributed by atoms with van der Waals surface area (Å²) < 4.78 is 33.3. The van der Waals surface area contributed by atoms with Gasteiger partial charge in [-0.3, -0.25) is 9.59 Å². The first-order valence-electron chi connectivity index (χ1n) is 19.0. The van der Waals surface area contributed by atoms with Crippen molar-refractivity contribution in [3.05, 3.63) is 60.2 Å². The molecule has 3 amide bonds. The molecule has 0 aromatic heterocycles. The Morgan fingerprint density at radius 2 is 1.46 bits per heavy atom. The fourth-order valence-corrected chi connectivity index (χ4v) is 7.30. The van der Waals surface area contributed by atoms with Gasteiger partial charge in [-0.25, -0.2) is 9.59 Å². The highest BCUT2D eigenvalue weighted by atomic mass is 16.8. The van der Waals surface area contributed by atoms with E-state index in [0.29, 0.717) is 0 Å². The SMILES string of the molecule is CO[C@@H]1OC(CO)[C@@H](O[C@@H]2OC(CO[C@]3(C(=O)O)C[C@@H](O)[C@@H](NC(=O)O)C([C@H](O)[C@H](O)CNC(=O)c4ccc(-c5ccccc5)cc4)O3)[C@H](O)[C@H](O)C2O)[C@H](O)C1NC(C)=O. The molecule has 3 saturated heterocycles. The molecular weight excluding hydrogens is 818 g/mol. The number of amides is 3. The van der Waals surface area contributed by atoms with Crippen molar-refractivity contribution in [1.29, 1.82) is 0 Å². The summed E-state index contributed by atoms with van der Waals surface area (Å²) in [4.78, 5) is 49.3. The number of ether oxygens (including phenoxy) is 6. The minimum atomic E-state index is -2.97. The number of carboxylic acid groups (broad SMARTS) is 2. The molecule has 23 nitrogen and oxygen atoms in total. The van der Waals surface area contributed by atoms with E-state index in [1.54, 1.807) is 12.1 Å². The number of carbonyl (C=O) groups is 4. The summed E-state index contributed by atoms with van der Waals surface area (Å²) >= 11 is 0. The highest BCUT2D eigenvalue weighted by Crippen LogP contribution is 2.36. The molecule has 0 radical (unpaired) electrons. The van der Waals surface area contributed by atoms with Crippen molar-refractivity contribution in [2.75, 3.05) is 26.9 Å². The minimum absolute atomic E-state index is 0.178. The van der Waals surface area contributed by atoms with Gasteiger partial charge in [0, 0.05) is 32.6 Å². The van der Waals surface area contributed by atoms with E-state index in [0.717, 1.165) is 18.1 Å². The molecule has 3 aliphatic rings. The van der Waals surface area contributed by atoms with Gasteiger partial charge in [0.1, 0.15) is 61.0 Å². The number of aliphatic carboxylic acids is 1. The number of aliphatic hydroxyl groups excluding tert-OH is 8. The summed E-state index contributed by atoms with van der Waals surface area (Å²) in [6, 6.07) is 12.7. The van der Waals surface area contributed by atoms with Crippen LogP contribution in [-0.2, 0) is 38.0 Å². The zero-order valence-electron chi connectivity index (χ0n) is 32.7. The maximum atomic E-state index is 12.9. The summed E-state index contributed by atoms with van der Waals surface area (Å²) in [6.07, 6.45) is -26.8. The maximum absolute atomic E-state index is 12.9. The number of methoxy groups -OCH3 is 1. The monoisotopic (exact) mass is 869 g/mol. The molecule has 0 bridgehead atoms. The van der Waals surface area contributed by atoms with Crippen LogP contribution in [0.2, 0.25) is 0 Å². The average molecular weight is 870 g/mol. The zero-order chi connectivity index (χ0) is 44.8. The lowest BCUT2D eigenvalue weighted by Gasteiger charge is -2.48. The van der Waals surface area contributed by atoms with Crippen LogP contribution in [0.1, 0.15) is 23.7 Å². The fourth-order valence-electron chi connectivity index (χ4n) is 7.30. The van der Waals surface area contributed by atoms with Crippen LogP contribution in [-0.4, -0.2) is 199 Å². The van der Waals surface area contributed by atoms with Crippen molar-refractivity contribution in [3.63, 3.8) is 0 Å². The molecule has 3 fully saturated rings. The molecule has 2 aromatic carbocycles. The van der Waals surface area contributed by atoms with E-state index in [4.69, 9.17) is 28.4 Å². The van der Waals surface area contributed by atoms with Crippen LogP contribution in [0.3, 0.4) is 0 Å². The average Bonchev–Trinajstić information content (AvgIpc) is 3.24. The molecule has 61 heavy (non-hydrogen) atoms. The van der Waals surface area contributed by atoms with E-state index in [1.807, 2.05) is 35.6 Å². The summed E-state index contributed by atoms with van der Waals surface area (Å²) in [7, 11) is 1.21. The van der Waals surface area contributed by atoms with Gasteiger partial charge in [0.25, 0.3) is 11.7 Å². The Morgan fingerprint density at radius 3 is 2.05 bits per heavy atom. The first-order valence-corrected chi connectivity index (χ1v) is 19.0. The molecule has 3 heterocycles. The van der Waals surface area contributed by atoms with Crippen LogP contribution >= 0.6 is 0 Å². The molecule has 0 saturated carbocycles. The Bertz CT molecular complexity index is 1790. The standard InChI is InChI=1S/C38H51N3O20/c1-16(43)40-25-28(48)31(22(14-42)58-34(25)56-2)60-35-30(50)29(49)27(47)23(59-35)15-57-38(36(52)53)12-20(44)24(41-37(54)55)32(61-38)26(46)21(45)13-39-33(51)19-10-8-18(9-11-19)17-6-4-3-5-7-17/h3-11,20-32,34-35,41-42,44-50H,12-15H2,1-2H3,(H,39,51)(H,40,43)(H,52,53)(H,54,55)/t20-,21-,22?,23?,24-,25?,26-,27+,28-,29+,30?,31-,32?,34-,35+,38-/m1/s1. The van der Waals surface area contributed by atoms with Gasteiger partial charge < -0.3 is 95.4 Å². The Balaban J connectivity index is 1.29. The van der Waals surface area contributed by atoms with Crippen LogP contribution in [0.15, 0.2) is 54.6 Å².